The molecule has 2 rings (SSSR count). The van der Waals surface area contributed by atoms with E-state index in [9.17, 15) is 8.42 Å². The Morgan fingerprint density at radius 3 is 1.88 bits per heavy atom. The Kier molecular flexibility index (Phi) is 11.3. The second-order valence-corrected chi connectivity index (χ2v) is 15.8. The van der Waals surface area contributed by atoms with Crippen molar-refractivity contribution in [3.05, 3.63) is 40.8 Å². The Bertz CT molecular complexity index is 826. The summed E-state index contributed by atoms with van der Waals surface area (Å²) >= 11 is 0. The highest BCUT2D eigenvalue weighted by Crippen LogP contribution is 2.37. The summed E-state index contributed by atoms with van der Waals surface area (Å²) in [6.45, 7) is 12.7. The molecule has 0 bridgehead atoms. The Balaban J connectivity index is 2.47. The van der Waals surface area contributed by atoms with Gasteiger partial charge in [-0.15, -0.1) is 0 Å². The molecule has 0 spiro atoms. The van der Waals surface area contributed by atoms with Crippen molar-refractivity contribution in [2.75, 3.05) is 0 Å². The van der Waals surface area contributed by atoms with Crippen molar-refractivity contribution in [3.8, 4) is 0 Å². The molecule has 3 atom stereocenters. The van der Waals surface area contributed by atoms with Crippen molar-refractivity contribution < 1.29 is 17.6 Å². The third-order valence-electron chi connectivity index (χ3n) is 6.77. The summed E-state index contributed by atoms with van der Waals surface area (Å²) in [5.74, 6) is 0. The Hall–Kier alpha value is -0.953. The van der Waals surface area contributed by atoms with E-state index >= 15 is 0 Å². The van der Waals surface area contributed by atoms with Crippen molar-refractivity contribution in [2.45, 2.75) is 128 Å². The molecule has 1 fully saturated rings. The third kappa shape index (κ3) is 8.05. The van der Waals surface area contributed by atoms with E-state index in [4.69, 9.17) is 9.16 Å². The number of rotatable bonds is 16. The number of sulfone groups is 1. The zero-order chi connectivity index (χ0) is 24.5. The SMILES string of the molecule is CCCC[Si](CCCC)(CCCC)O[C@@H](CC)/C(=C\[C@@H]1O[C@H]1C)S(=O)(=O)c1ccc(C)cc1. The highest BCUT2D eigenvalue weighted by molar-refractivity contribution is 7.95. The lowest BCUT2D eigenvalue weighted by atomic mass is 10.2. The molecule has 0 unspecified atom stereocenters. The van der Waals surface area contributed by atoms with Crippen LogP contribution >= 0.6 is 0 Å². The van der Waals surface area contributed by atoms with Gasteiger partial charge in [-0.2, -0.15) is 0 Å². The lowest BCUT2D eigenvalue weighted by Gasteiger charge is -2.36. The van der Waals surface area contributed by atoms with Crippen molar-refractivity contribution in [3.63, 3.8) is 0 Å². The molecular weight excluding hydrogens is 448 g/mol. The first-order valence-electron chi connectivity index (χ1n) is 13.1. The summed E-state index contributed by atoms with van der Waals surface area (Å²) in [7, 11) is -5.75. The minimum absolute atomic E-state index is 0.0630. The van der Waals surface area contributed by atoms with Crippen LogP contribution in [0.3, 0.4) is 0 Å². The fraction of sp³-hybridized carbons (Fsp3) is 0.704. The second-order valence-electron chi connectivity index (χ2n) is 9.70. The molecule has 4 nitrogen and oxygen atoms in total. The van der Waals surface area contributed by atoms with Gasteiger partial charge in [-0.25, -0.2) is 8.42 Å². The predicted molar refractivity (Wildman–Crippen MR) is 141 cm³/mol. The number of hydrogen-bond donors (Lipinski definition) is 0. The van der Waals surface area contributed by atoms with Crippen LogP contribution in [0.25, 0.3) is 0 Å². The van der Waals surface area contributed by atoms with Gasteiger partial charge in [0.1, 0.15) is 6.10 Å². The van der Waals surface area contributed by atoms with Gasteiger partial charge in [0, 0.05) is 0 Å². The van der Waals surface area contributed by atoms with Crippen LogP contribution in [0.2, 0.25) is 18.1 Å². The summed E-state index contributed by atoms with van der Waals surface area (Å²) in [5.41, 5.74) is 1.05. The fourth-order valence-corrected chi connectivity index (χ4v) is 11.2. The summed E-state index contributed by atoms with van der Waals surface area (Å²) < 4.78 is 40.4. The zero-order valence-electron chi connectivity index (χ0n) is 21.7. The molecule has 1 aromatic rings. The number of unbranched alkanes of at least 4 members (excludes halogenated alkanes) is 3. The number of ether oxygens (including phenoxy) is 1. The molecule has 1 aromatic carbocycles. The molecule has 0 radical (unpaired) electrons. The molecule has 6 heteroatoms. The quantitative estimate of drug-likeness (QED) is 0.175. The van der Waals surface area contributed by atoms with Gasteiger partial charge < -0.3 is 9.16 Å². The van der Waals surface area contributed by atoms with Gasteiger partial charge in [0.25, 0.3) is 0 Å². The second kappa shape index (κ2) is 13.2. The Labute approximate surface area is 204 Å². The monoisotopic (exact) mass is 494 g/mol. The molecule has 1 saturated heterocycles. The first-order valence-corrected chi connectivity index (χ1v) is 17.1. The molecule has 1 aliphatic heterocycles. The smallest absolute Gasteiger partial charge is 0.205 e. The molecule has 188 valence electrons. The summed E-state index contributed by atoms with van der Waals surface area (Å²) in [4.78, 5) is 0.752. The minimum Gasteiger partial charge on any atom is -0.409 e. The number of hydrogen-bond acceptors (Lipinski definition) is 4. The van der Waals surface area contributed by atoms with Gasteiger partial charge in [-0.1, -0.05) is 83.9 Å². The van der Waals surface area contributed by atoms with Gasteiger partial charge in [0.15, 0.2) is 8.32 Å². The van der Waals surface area contributed by atoms with E-state index in [1.165, 1.54) is 0 Å². The highest BCUT2D eigenvalue weighted by atomic mass is 32.2. The average Bonchev–Trinajstić information content (AvgIpc) is 3.51. The largest absolute Gasteiger partial charge is 0.409 e. The highest BCUT2D eigenvalue weighted by Gasteiger charge is 2.41. The molecule has 0 amide bonds. The van der Waals surface area contributed by atoms with Crippen molar-refractivity contribution in [1.82, 2.24) is 0 Å². The summed E-state index contributed by atoms with van der Waals surface area (Å²) in [6.07, 6.45) is 8.90. The van der Waals surface area contributed by atoms with Crippen molar-refractivity contribution >= 4 is 18.2 Å². The van der Waals surface area contributed by atoms with Gasteiger partial charge in [0.2, 0.25) is 9.84 Å². The van der Waals surface area contributed by atoms with Crippen molar-refractivity contribution in [2.24, 2.45) is 0 Å². The van der Waals surface area contributed by atoms with Crippen LogP contribution < -0.4 is 0 Å². The number of aryl methyl sites for hydroxylation is 1. The van der Waals surface area contributed by atoms with Crippen LogP contribution in [0.5, 0.6) is 0 Å². The molecule has 0 N–H and O–H groups in total. The van der Waals surface area contributed by atoms with Crippen molar-refractivity contribution in [1.29, 1.82) is 0 Å². The van der Waals surface area contributed by atoms with Crippen LogP contribution in [0, 0.1) is 6.92 Å². The van der Waals surface area contributed by atoms with E-state index in [-0.39, 0.29) is 12.2 Å². The molecule has 0 aliphatic carbocycles. The van der Waals surface area contributed by atoms with Crippen LogP contribution in [-0.2, 0) is 19.0 Å². The molecular formula is C27H46O4SSi. The van der Waals surface area contributed by atoms with E-state index in [0.717, 1.165) is 62.2 Å². The first kappa shape index (κ1) is 28.3. The minimum atomic E-state index is -3.66. The maximum Gasteiger partial charge on any atom is 0.205 e. The standard InChI is InChI=1S/C27H46O4SSi/c1-7-11-18-33(19-12-8-2,20-13-9-3)31-25(10-4)27(21-26-23(6)30-26)32(28,29)24-16-14-22(5)15-17-24/h14-17,21,23,25-26H,7-13,18-20H2,1-6H3/b27-21+/t23-,25-,26-/m0/s1. The van der Waals surface area contributed by atoms with Gasteiger partial charge in [-0.05, 0) is 56.6 Å². The predicted octanol–water partition coefficient (Wildman–Crippen LogP) is 7.58. The first-order chi connectivity index (χ1) is 15.7. The third-order valence-corrected chi connectivity index (χ3v) is 13.3. The number of epoxide rings is 1. The molecule has 0 saturated carbocycles. The van der Waals surface area contributed by atoms with Gasteiger partial charge in [0.05, 0.1) is 22.0 Å². The number of benzene rings is 1. The van der Waals surface area contributed by atoms with Gasteiger partial charge in [-0.3, -0.25) is 0 Å². The zero-order valence-corrected chi connectivity index (χ0v) is 23.5. The lowest BCUT2D eigenvalue weighted by molar-refractivity contribution is 0.219. The topological polar surface area (TPSA) is 55.9 Å². The molecule has 33 heavy (non-hydrogen) atoms. The van der Waals surface area contributed by atoms with Crippen LogP contribution in [0.1, 0.15) is 85.1 Å². The van der Waals surface area contributed by atoms with E-state index in [1.54, 1.807) is 12.1 Å². The van der Waals surface area contributed by atoms with Crippen LogP contribution in [0.15, 0.2) is 40.1 Å². The maximum absolute atomic E-state index is 13.9. The fourth-order valence-electron chi connectivity index (χ4n) is 4.46. The van der Waals surface area contributed by atoms with E-state index in [0.29, 0.717) is 16.2 Å². The van der Waals surface area contributed by atoms with Crippen LogP contribution in [-0.4, -0.2) is 35.0 Å². The Morgan fingerprint density at radius 2 is 1.48 bits per heavy atom. The summed E-state index contributed by atoms with van der Waals surface area (Å²) in [6, 6.07) is 10.5. The normalized spacial score (nSPS) is 20.1. The van der Waals surface area contributed by atoms with Gasteiger partial charge >= 0.3 is 0 Å². The molecule has 0 aromatic heterocycles. The molecule has 1 heterocycles. The average molecular weight is 495 g/mol. The summed E-state index contributed by atoms with van der Waals surface area (Å²) in [5, 5.41) is 0. The van der Waals surface area contributed by atoms with E-state index < -0.39 is 24.3 Å². The molecule has 1 aliphatic rings. The van der Waals surface area contributed by atoms with E-state index in [1.807, 2.05) is 32.1 Å². The van der Waals surface area contributed by atoms with E-state index in [2.05, 4.69) is 27.7 Å². The Morgan fingerprint density at radius 1 is 1.00 bits per heavy atom. The van der Waals surface area contributed by atoms with Crippen LogP contribution in [0.4, 0.5) is 0 Å². The lowest BCUT2D eigenvalue weighted by Crippen LogP contribution is -2.43. The maximum atomic E-state index is 13.9.